The van der Waals surface area contributed by atoms with Gasteiger partial charge in [0.1, 0.15) is 11.8 Å². The molecule has 0 spiro atoms. The van der Waals surface area contributed by atoms with E-state index in [-0.39, 0.29) is 12.4 Å². The average molecular weight is 265 g/mol. The summed E-state index contributed by atoms with van der Waals surface area (Å²) in [7, 11) is 0. The SMILES string of the molecule is CCc1cccc(CN2CCOCC2C(=O)O)c1O. The number of ether oxygens (including phenoxy) is 1. The number of phenolic OH excluding ortho intramolecular Hbond substituents is 1. The number of aliphatic carboxylic acids is 1. The quantitative estimate of drug-likeness (QED) is 0.857. The van der Waals surface area contributed by atoms with Crippen LogP contribution in [0.25, 0.3) is 0 Å². The molecular formula is C14H19NO4. The van der Waals surface area contributed by atoms with Gasteiger partial charge in [-0.2, -0.15) is 0 Å². The van der Waals surface area contributed by atoms with Gasteiger partial charge in [0, 0.05) is 18.7 Å². The van der Waals surface area contributed by atoms with Crippen molar-refractivity contribution in [2.75, 3.05) is 19.8 Å². The van der Waals surface area contributed by atoms with Crippen LogP contribution in [0.5, 0.6) is 5.75 Å². The molecule has 1 saturated heterocycles. The van der Waals surface area contributed by atoms with Crippen LogP contribution in [-0.2, 0) is 22.5 Å². The Labute approximate surface area is 112 Å². The zero-order valence-corrected chi connectivity index (χ0v) is 11.0. The van der Waals surface area contributed by atoms with Crippen molar-refractivity contribution in [2.24, 2.45) is 0 Å². The first kappa shape index (κ1) is 13.8. The molecule has 1 atom stereocenters. The van der Waals surface area contributed by atoms with Crippen LogP contribution in [0.3, 0.4) is 0 Å². The number of carboxylic acids is 1. The summed E-state index contributed by atoms with van der Waals surface area (Å²) < 4.78 is 5.20. The predicted octanol–water partition coefficient (Wildman–Crippen LogP) is 1.24. The number of aryl methyl sites for hydroxylation is 1. The number of hydrogen-bond acceptors (Lipinski definition) is 4. The summed E-state index contributed by atoms with van der Waals surface area (Å²) >= 11 is 0. The Kier molecular flexibility index (Phi) is 4.39. The maximum atomic E-state index is 11.2. The van der Waals surface area contributed by atoms with Crippen molar-refractivity contribution in [3.8, 4) is 5.75 Å². The maximum Gasteiger partial charge on any atom is 0.323 e. The Morgan fingerprint density at radius 2 is 2.21 bits per heavy atom. The lowest BCUT2D eigenvalue weighted by Crippen LogP contribution is -2.49. The second-order valence-electron chi connectivity index (χ2n) is 4.68. The van der Waals surface area contributed by atoms with Gasteiger partial charge in [0.25, 0.3) is 0 Å². The Hall–Kier alpha value is -1.59. The van der Waals surface area contributed by atoms with Crippen LogP contribution in [0.15, 0.2) is 18.2 Å². The summed E-state index contributed by atoms with van der Waals surface area (Å²) in [4.78, 5) is 13.0. The Bertz CT molecular complexity index is 461. The second kappa shape index (κ2) is 6.04. The van der Waals surface area contributed by atoms with Crippen molar-refractivity contribution in [1.29, 1.82) is 0 Å². The molecule has 0 aromatic heterocycles. The topological polar surface area (TPSA) is 70.0 Å². The lowest BCUT2D eigenvalue weighted by molar-refractivity contribution is -0.150. The molecule has 0 aliphatic carbocycles. The highest BCUT2D eigenvalue weighted by Crippen LogP contribution is 2.25. The van der Waals surface area contributed by atoms with Gasteiger partial charge in [0.15, 0.2) is 0 Å². The van der Waals surface area contributed by atoms with E-state index in [1.807, 2.05) is 30.0 Å². The third-order valence-electron chi connectivity index (χ3n) is 3.48. The number of benzene rings is 1. The third-order valence-corrected chi connectivity index (χ3v) is 3.48. The molecule has 0 bridgehead atoms. The minimum Gasteiger partial charge on any atom is -0.507 e. The molecule has 0 amide bonds. The van der Waals surface area contributed by atoms with Gasteiger partial charge in [0.2, 0.25) is 0 Å². The molecule has 19 heavy (non-hydrogen) atoms. The summed E-state index contributed by atoms with van der Waals surface area (Å²) in [5, 5.41) is 19.3. The highest BCUT2D eigenvalue weighted by atomic mass is 16.5. The molecule has 1 fully saturated rings. The fourth-order valence-electron chi connectivity index (χ4n) is 2.33. The molecule has 104 valence electrons. The van der Waals surface area contributed by atoms with E-state index in [1.54, 1.807) is 0 Å². The highest BCUT2D eigenvalue weighted by Gasteiger charge is 2.29. The van der Waals surface area contributed by atoms with E-state index in [0.717, 1.165) is 17.5 Å². The van der Waals surface area contributed by atoms with E-state index in [2.05, 4.69) is 0 Å². The van der Waals surface area contributed by atoms with Gasteiger partial charge < -0.3 is 14.9 Å². The van der Waals surface area contributed by atoms with Crippen LogP contribution >= 0.6 is 0 Å². The Morgan fingerprint density at radius 3 is 2.89 bits per heavy atom. The number of phenols is 1. The lowest BCUT2D eigenvalue weighted by atomic mass is 10.1. The molecule has 1 aliphatic rings. The van der Waals surface area contributed by atoms with Gasteiger partial charge in [0.05, 0.1) is 13.2 Å². The van der Waals surface area contributed by atoms with Gasteiger partial charge in [-0.1, -0.05) is 25.1 Å². The molecule has 1 unspecified atom stereocenters. The molecule has 1 aromatic carbocycles. The minimum absolute atomic E-state index is 0.198. The maximum absolute atomic E-state index is 11.2. The zero-order valence-electron chi connectivity index (χ0n) is 11.0. The first-order chi connectivity index (χ1) is 9.13. The van der Waals surface area contributed by atoms with E-state index < -0.39 is 12.0 Å². The van der Waals surface area contributed by atoms with E-state index in [4.69, 9.17) is 4.74 Å². The van der Waals surface area contributed by atoms with Gasteiger partial charge >= 0.3 is 5.97 Å². The second-order valence-corrected chi connectivity index (χ2v) is 4.68. The molecule has 1 aliphatic heterocycles. The number of carboxylic acid groups (broad SMARTS) is 1. The monoisotopic (exact) mass is 265 g/mol. The van der Waals surface area contributed by atoms with Crippen molar-refractivity contribution >= 4 is 5.97 Å². The molecule has 0 saturated carbocycles. The van der Waals surface area contributed by atoms with Crippen molar-refractivity contribution < 1.29 is 19.7 Å². The number of para-hydroxylation sites is 1. The van der Waals surface area contributed by atoms with Gasteiger partial charge in [-0.05, 0) is 12.0 Å². The van der Waals surface area contributed by atoms with Crippen LogP contribution in [0.2, 0.25) is 0 Å². The van der Waals surface area contributed by atoms with E-state index in [1.165, 1.54) is 0 Å². The minimum atomic E-state index is -0.883. The molecule has 1 heterocycles. The number of rotatable bonds is 4. The van der Waals surface area contributed by atoms with Crippen LogP contribution in [-0.4, -0.2) is 46.9 Å². The number of carbonyl (C=O) groups is 1. The molecule has 5 nitrogen and oxygen atoms in total. The molecule has 0 radical (unpaired) electrons. The normalized spacial score (nSPS) is 20.4. The Morgan fingerprint density at radius 1 is 1.47 bits per heavy atom. The van der Waals surface area contributed by atoms with Crippen molar-refractivity contribution in [3.63, 3.8) is 0 Å². The zero-order chi connectivity index (χ0) is 13.8. The standard InChI is InChI=1S/C14H19NO4/c1-2-10-4-3-5-11(13(10)16)8-15-6-7-19-9-12(15)14(17)18/h3-5,12,16H,2,6-9H2,1H3,(H,17,18). The van der Waals surface area contributed by atoms with Crippen molar-refractivity contribution in [2.45, 2.75) is 25.9 Å². The first-order valence-corrected chi connectivity index (χ1v) is 6.47. The van der Waals surface area contributed by atoms with Gasteiger partial charge in [-0.15, -0.1) is 0 Å². The number of hydrogen-bond donors (Lipinski definition) is 2. The highest BCUT2D eigenvalue weighted by molar-refractivity contribution is 5.73. The molecule has 5 heteroatoms. The summed E-state index contributed by atoms with van der Waals surface area (Å²) in [6, 6.07) is 4.97. The van der Waals surface area contributed by atoms with Gasteiger partial charge in [-0.25, -0.2) is 0 Å². The van der Waals surface area contributed by atoms with Crippen LogP contribution in [0, 0.1) is 0 Å². The molecule has 2 N–H and O–H groups in total. The van der Waals surface area contributed by atoms with Crippen LogP contribution in [0.1, 0.15) is 18.1 Å². The summed E-state index contributed by atoms with van der Waals surface area (Å²) in [5.41, 5.74) is 1.66. The first-order valence-electron chi connectivity index (χ1n) is 6.47. The van der Waals surface area contributed by atoms with E-state index in [0.29, 0.717) is 19.7 Å². The largest absolute Gasteiger partial charge is 0.507 e. The number of nitrogens with zero attached hydrogens (tertiary/aromatic N) is 1. The van der Waals surface area contributed by atoms with Crippen molar-refractivity contribution in [3.05, 3.63) is 29.3 Å². The predicted molar refractivity (Wildman–Crippen MR) is 70.1 cm³/mol. The lowest BCUT2D eigenvalue weighted by Gasteiger charge is -2.33. The summed E-state index contributed by atoms with van der Waals surface area (Å²) in [6.45, 7) is 3.70. The molecular weight excluding hydrogens is 246 g/mol. The average Bonchev–Trinajstić information content (AvgIpc) is 2.41. The smallest absolute Gasteiger partial charge is 0.323 e. The summed E-state index contributed by atoms with van der Waals surface area (Å²) in [5.74, 6) is -0.605. The molecule has 2 rings (SSSR count). The number of morpholine rings is 1. The van der Waals surface area contributed by atoms with E-state index in [9.17, 15) is 15.0 Å². The van der Waals surface area contributed by atoms with E-state index >= 15 is 0 Å². The van der Waals surface area contributed by atoms with Crippen molar-refractivity contribution in [1.82, 2.24) is 4.90 Å². The number of aromatic hydroxyl groups is 1. The fourth-order valence-corrected chi connectivity index (χ4v) is 2.33. The van der Waals surface area contributed by atoms with Crippen LogP contribution < -0.4 is 0 Å². The van der Waals surface area contributed by atoms with Crippen LogP contribution in [0.4, 0.5) is 0 Å². The molecule has 1 aromatic rings. The third kappa shape index (κ3) is 3.05. The Balaban J connectivity index is 2.17. The van der Waals surface area contributed by atoms with Gasteiger partial charge in [-0.3, -0.25) is 9.69 Å². The summed E-state index contributed by atoms with van der Waals surface area (Å²) in [6.07, 6.45) is 0.755. The fraction of sp³-hybridized carbons (Fsp3) is 0.500.